The normalized spacial score (nSPS) is 11.3. The summed E-state index contributed by atoms with van der Waals surface area (Å²) in [5, 5.41) is -4.66. The highest BCUT2D eigenvalue weighted by atomic mass is 32.2. The van der Waals surface area contributed by atoms with Gasteiger partial charge >= 0.3 is 5.25 Å². The van der Waals surface area contributed by atoms with Gasteiger partial charge in [-0.15, -0.1) is 0 Å². The SMILES string of the molecule is Cc1ccccc1N(SC(F)(F)CF)C(=O)[S-]. The number of benzene rings is 1. The van der Waals surface area contributed by atoms with E-state index in [1.165, 1.54) is 6.07 Å². The van der Waals surface area contributed by atoms with Gasteiger partial charge in [0.1, 0.15) is 5.24 Å². The molecule has 0 radical (unpaired) electrons. The summed E-state index contributed by atoms with van der Waals surface area (Å²) in [6.45, 7) is -0.211. The minimum absolute atomic E-state index is 0.206. The first kappa shape index (κ1) is 14.1. The molecule has 0 spiro atoms. The van der Waals surface area contributed by atoms with Crippen molar-refractivity contribution in [3.8, 4) is 0 Å². The number of hydrogen-bond acceptors (Lipinski definition) is 3. The average Bonchev–Trinajstić information content (AvgIpc) is 2.27. The molecule has 94 valence electrons. The van der Waals surface area contributed by atoms with Crippen molar-refractivity contribution < 1.29 is 18.0 Å². The van der Waals surface area contributed by atoms with Gasteiger partial charge in [0.05, 0.1) is 5.69 Å². The Balaban J connectivity index is 3.03. The number of halogens is 3. The number of carbonyl (C=O) groups is 1. The summed E-state index contributed by atoms with van der Waals surface area (Å²) in [4.78, 5) is 11.2. The third-order valence-electron chi connectivity index (χ3n) is 1.88. The van der Waals surface area contributed by atoms with E-state index in [1.54, 1.807) is 25.1 Å². The molecule has 2 nitrogen and oxygen atoms in total. The van der Waals surface area contributed by atoms with Gasteiger partial charge in [-0.2, -0.15) is 8.78 Å². The molecule has 1 aromatic carbocycles. The number of hydrogen-bond donors (Lipinski definition) is 0. The minimum Gasteiger partial charge on any atom is -0.718 e. The van der Waals surface area contributed by atoms with Crippen LogP contribution in [-0.4, -0.2) is 17.2 Å². The lowest BCUT2D eigenvalue weighted by Gasteiger charge is -2.28. The molecule has 0 atom stereocenters. The highest BCUT2D eigenvalue weighted by molar-refractivity contribution is 8.03. The standard InChI is InChI=1S/C10H10F3NOS2/c1-7-4-2-3-5-8(7)14(9(15)16)17-10(12,13)6-11/h2-5H,6H2,1H3,(H,15,16)/p-1. The van der Waals surface area contributed by atoms with Crippen LogP contribution >= 0.6 is 11.9 Å². The maximum atomic E-state index is 12.9. The zero-order valence-corrected chi connectivity index (χ0v) is 10.5. The quantitative estimate of drug-likeness (QED) is 0.620. The predicted octanol–water partition coefficient (Wildman–Crippen LogP) is 3.68. The van der Waals surface area contributed by atoms with E-state index in [4.69, 9.17) is 0 Å². The van der Waals surface area contributed by atoms with Crippen LogP contribution in [0.15, 0.2) is 24.3 Å². The van der Waals surface area contributed by atoms with E-state index in [2.05, 4.69) is 12.6 Å². The number of alkyl halides is 3. The third-order valence-corrected chi connectivity index (χ3v) is 3.10. The van der Waals surface area contributed by atoms with Crippen molar-refractivity contribution >= 4 is 35.5 Å². The van der Waals surface area contributed by atoms with Crippen LogP contribution in [0.3, 0.4) is 0 Å². The summed E-state index contributed by atoms with van der Waals surface area (Å²) in [6.07, 6.45) is 0. The number of anilines is 1. The van der Waals surface area contributed by atoms with E-state index >= 15 is 0 Å². The molecule has 17 heavy (non-hydrogen) atoms. The molecule has 0 N–H and O–H groups in total. The van der Waals surface area contributed by atoms with Gasteiger partial charge in [-0.25, -0.2) is 4.39 Å². The minimum atomic E-state index is -3.67. The van der Waals surface area contributed by atoms with Gasteiger partial charge < -0.3 is 17.4 Å². The van der Waals surface area contributed by atoms with E-state index in [0.29, 0.717) is 9.87 Å². The Morgan fingerprint density at radius 2 is 2.06 bits per heavy atom. The molecule has 1 aromatic rings. The molecular formula is C10H9F3NOS2-. The lowest BCUT2D eigenvalue weighted by Crippen LogP contribution is -2.28. The molecule has 0 bridgehead atoms. The predicted molar refractivity (Wildman–Crippen MR) is 64.9 cm³/mol. The van der Waals surface area contributed by atoms with Crippen LogP contribution < -0.4 is 4.31 Å². The Kier molecular flexibility index (Phi) is 4.64. The third kappa shape index (κ3) is 3.78. The van der Waals surface area contributed by atoms with Crippen molar-refractivity contribution in [2.75, 3.05) is 11.0 Å². The molecule has 0 aliphatic carbocycles. The maximum absolute atomic E-state index is 12.9. The van der Waals surface area contributed by atoms with Gasteiger partial charge in [0, 0.05) is 11.9 Å². The van der Waals surface area contributed by atoms with Crippen molar-refractivity contribution in [1.82, 2.24) is 0 Å². The van der Waals surface area contributed by atoms with Crippen molar-refractivity contribution in [2.24, 2.45) is 0 Å². The van der Waals surface area contributed by atoms with Gasteiger partial charge in [-0.1, -0.05) is 18.2 Å². The van der Waals surface area contributed by atoms with E-state index < -0.39 is 17.2 Å². The molecule has 0 saturated carbocycles. The Morgan fingerprint density at radius 3 is 2.53 bits per heavy atom. The topological polar surface area (TPSA) is 20.3 Å². The van der Waals surface area contributed by atoms with E-state index in [-0.39, 0.29) is 17.6 Å². The Morgan fingerprint density at radius 1 is 1.47 bits per heavy atom. The maximum Gasteiger partial charge on any atom is 0.340 e. The molecule has 0 heterocycles. The van der Waals surface area contributed by atoms with Gasteiger partial charge in [0.25, 0.3) is 0 Å². The first-order valence-corrected chi connectivity index (χ1v) is 5.75. The number of amides is 1. The van der Waals surface area contributed by atoms with Gasteiger partial charge in [0.15, 0.2) is 6.67 Å². The lowest BCUT2D eigenvalue weighted by molar-refractivity contribution is 0.0741. The lowest BCUT2D eigenvalue weighted by atomic mass is 10.2. The van der Waals surface area contributed by atoms with Gasteiger partial charge in [-0.05, 0) is 18.6 Å². The first-order valence-electron chi connectivity index (χ1n) is 4.57. The summed E-state index contributed by atoms with van der Waals surface area (Å²) in [7, 11) is 0. The molecule has 7 heteroatoms. The van der Waals surface area contributed by atoms with Crippen molar-refractivity contribution in [3.05, 3.63) is 29.8 Å². The second kappa shape index (κ2) is 5.59. The number of carbonyl (C=O) groups excluding carboxylic acids is 1. The highest BCUT2D eigenvalue weighted by Gasteiger charge is 2.34. The zero-order chi connectivity index (χ0) is 13.1. The number of aryl methyl sites for hydroxylation is 1. The molecule has 0 unspecified atom stereocenters. The molecule has 1 rings (SSSR count). The molecule has 0 fully saturated rings. The smallest absolute Gasteiger partial charge is 0.340 e. The molecule has 0 aliphatic heterocycles. The second-order valence-corrected chi connectivity index (χ2v) is 4.70. The van der Waals surface area contributed by atoms with Crippen LogP contribution in [0.2, 0.25) is 0 Å². The average molecular weight is 280 g/mol. The van der Waals surface area contributed by atoms with Crippen molar-refractivity contribution in [2.45, 2.75) is 12.2 Å². The summed E-state index contributed by atoms with van der Waals surface area (Å²) < 4.78 is 38.6. The van der Waals surface area contributed by atoms with Crippen molar-refractivity contribution in [3.63, 3.8) is 0 Å². The highest BCUT2D eigenvalue weighted by Crippen LogP contribution is 2.37. The number of rotatable bonds is 4. The largest absolute Gasteiger partial charge is 0.718 e. The Hall–Kier alpha value is -0.950. The van der Waals surface area contributed by atoms with Crippen LogP contribution in [0.1, 0.15) is 5.56 Å². The number of nitrogens with zero attached hydrogens (tertiary/aromatic N) is 1. The fraction of sp³-hybridized carbons (Fsp3) is 0.300. The second-order valence-electron chi connectivity index (χ2n) is 3.21. The summed E-state index contributed by atoms with van der Waals surface area (Å²) in [5.41, 5.74) is 0.846. The first-order chi connectivity index (χ1) is 7.87. The molecule has 0 aliphatic rings. The van der Waals surface area contributed by atoms with E-state index in [0.717, 1.165) is 0 Å². The van der Waals surface area contributed by atoms with Gasteiger partial charge in [-0.3, -0.25) is 4.31 Å². The molecule has 0 saturated heterocycles. The number of para-hydroxylation sites is 1. The Bertz CT molecular complexity index is 414. The van der Waals surface area contributed by atoms with E-state index in [9.17, 15) is 18.0 Å². The molecule has 0 aromatic heterocycles. The summed E-state index contributed by atoms with van der Waals surface area (Å²) in [6, 6.07) is 6.40. The fourth-order valence-corrected chi connectivity index (χ4v) is 2.04. The van der Waals surface area contributed by atoms with Gasteiger partial charge in [0.2, 0.25) is 0 Å². The van der Waals surface area contributed by atoms with Crippen LogP contribution in [0.25, 0.3) is 0 Å². The molecular weight excluding hydrogens is 271 g/mol. The zero-order valence-electron chi connectivity index (χ0n) is 8.82. The van der Waals surface area contributed by atoms with Crippen LogP contribution in [0, 0.1) is 6.92 Å². The molecule has 1 amide bonds. The van der Waals surface area contributed by atoms with Crippen LogP contribution in [0.4, 0.5) is 23.7 Å². The summed E-state index contributed by atoms with van der Waals surface area (Å²) >= 11 is 4.16. The monoisotopic (exact) mass is 280 g/mol. The van der Waals surface area contributed by atoms with E-state index in [1.807, 2.05) is 0 Å². The van der Waals surface area contributed by atoms with Crippen LogP contribution in [0.5, 0.6) is 0 Å². The van der Waals surface area contributed by atoms with Crippen LogP contribution in [-0.2, 0) is 12.6 Å². The summed E-state index contributed by atoms with van der Waals surface area (Å²) in [5.74, 6) is 0. The fourth-order valence-electron chi connectivity index (χ4n) is 1.13. The van der Waals surface area contributed by atoms with Crippen molar-refractivity contribution in [1.29, 1.82) is 0 Å². The Labute approximate surface area is 107 Å².